The van der Waals surface area contributed by atoms with Crippen LogP contribution in [-0.4, -0.2) is 48.6 Å². The van der Waals surface area contributed by atoms with Crippen LogP contribution in [0.2, 0.25) is 0 Å². The third-order valence-corrected chi connectivity index (χ3v) is 6.08. The number of halogens is 1. The van der Waals surface area contributed by atoms with Crippen molar-refractivity contribution >= 4 is 32.7 Å². The van der Waals surface area contributed by atoms with Crippen molar-refractivity contribution in [1.29, 1.82) is 0 Å². The van der Waals surface area contributed by atoms with E-state index in [1.54, 1.807) is 0 Å². The van der Waals surface area contributed by atoms with Gasteiger partial charge in [0.25, 0.3) is 0 Å². The molecule has 1 unspecified atom stereocenters. The van der Waals surface area contributed by atoms with Gasteiger partial charge in [-0.2, -0.15) is 0 Å². The van der Waals surface area contributed by atoms with Gasteiger partial charge in [0.15, 0.2) is 0 Å². The maximum atomic E-state index is 12.8. The van der Waals surface area contributed by atoms with Gasteiger partial charge >= 0.3 is 0 Å². The molecular weight excluding hydrogens is 430 g/mol. The second kappa shape index (κ2) is 9.11. The van der Waals surface area contributed by atoms with E-state index < -0.39 is 0 Å². The van der Waals surface area contributed by atoms with Gasteiger partial charge in [0.1, 0.15) is 0 Å². The topological polar surface area (TPSA) is 57.4 Å². The highest BCUT2D eigenvalue weighted by molar-refractivity contribution is 9.10. The first-order chi connectivity index (χ1) is 14.1. The number of hydrogen-bond donors (Lipinski definition) is 2. The van der Waals surface area contributed by atoms with Crippen molar-refractivity contribution in [3.05, 3.63) is 69.8 Å². The maximum absolute atomic E-state index is 12.8. The molecule has 1 aliphatic heterocycles. The van der Waals surface area contributed by atoms with Crippen LogP contribution in [-0.2, 0) is 16.0 Å². The molecule has 0 aliphatic carbocycles. The SMILES string of the molecule is Cc1[nH]c2ccc(Br)cc2c1CC(=O)NCC(c1ccccc1)N1CCOCC1. The highest BCUT2D eigenvalue weighted by Crippen LogP contribution is 2.26. The summed E-state index contributed by atoms with van der Waals surface area (Å²) in [5.41, 5.74) is 4.38. The molecule has 1 aromatic heterocycles. The number of hydrogen-bond acceptors (Lipinski definition) is 3. The number of amides is 1. The van der Waals surface area contributed by atoms with Crippen molar-refractivity contribution in [3.8, 4) is 0 Å². The lowest BCUT2D eigenvalue weighted by Crippen LogP contribution is -2.44. The van der Waals surface area contributed by atoms with E-state index in [9.17, 15) is 4.79 Å². The number of aromatic nitrogens is 1. The van der Waals surface area contributed by atoms with Gasteiger partial charge in [-0.3, -0.25) is 9.69 Å². The molecule has 6 heteroatoms. The van der Waals surface area contributed by atoms with E-state index in [2.05, 4.69) is 61.5 Å². The molecule has 2 heterocycles. The molecule has 1 saturated heterocycles. The number of fused-ring (bicyclic) bond motifs is 1. The second-order valence-corrected chi connectivity index (χ2v) is 8.39. The highest BCUT2D eigenvalue weighted by atomic mass is 79.9. The molecule has 1 atom stereocenters. The first-order valence-electron chi connectivity index (χ1n) is 10.0. The summed E-state index contributed by atoms with van der Waals surface area (Å²) < 4.78 is 6.52. The van der Waals surface area contributed by atoms with Crippen LogP contribution in [0.15, 0.2) is 53.0 Å². The monoisotopic (exact) mass is 455 g/mol. The smallest absolute Gasteiger partial charge is 0.224 e. The Morgan fingerprint density at radius 3 is 2.72 bits per heavy atom. The first kappa shape index (κ1) is 20.1. The summed E-state index contributed by atoms with van der Waals surface area (Å²) in [6, 6.07) is 16.7. The van der Waals surface area contributed by atoms with E-state index in [1.807, 2.05) is 25.1 Å². The van der Waals surface area contributed by atoms with E-state index >= 15 is 0 Å². The van der Waals surface area contributed by atoms with Gasteiger partial charge in [-0.15, -0.1) is 0 Å². The Balaban J connectivity index is 1.47. The minimum atomic E-state index is 0.0446. The van der Waals surface area contributed by atoms with Gasteiger partial charge in [-0.1, -0.05) is 46.3 Å². The van der Waals surface area contributed by atoms with Crippen LogP contribution in [0.25, 0.3) is 10.9 Å². The average molecular weight is 456 g/mol. The van der Waals surface area contributed by atoms with Crippen molar-refractivity contribution in [2.24, 2.45) is 0 Å². The summed E-state index contributed by atoms with van der Waals surface area (Å²) in [6.07, 6.45) is 0.368. The minimum absolute atomic E-state index is 0.0446. The fourth-order valence-electron chi connectivity index (χ4n) is 4.04. The van der Waals surface area contributed by atoms with Crippen LogP contribution in [0.3, 0.4) is 0 Å². The summed E-state index contributed by atoms with van der Waals surface area (Å²) >= 11 is 3.53. The van der Waals surface area contributed by atoms with Crippen molar-refractivity contribution < 1.29 is 9.53 Å². The summed E-state index contributed by atoms with van der Waals surface area (Å²) in [7, 11) is 0. The molecule has 152 valence electrons. The van der Waals surface area contributed by atoms with E-state index in [-0.39, 0.29) is 11.9 Å². The predicted octanol–water partition coefficient (Wildman–Crippen LogP) is 3.97. The van der Waals surface area contributed by atoms with E-state index in [1.165, 1.54) is 5.56 Å². The number of H-pyrrole nitrogens is 1. The summed E-state index contributed by atoms with van der Waals surface area (Å²) in [6.45, 7) is 5.85. The number of aromatic amines is 1. The number of aryl methyl sites for hydroxylation is 1. The van der Waals surface area contributed by atoms with Crippen LogP contribution in [0, 0.1) is 6.92 Å². The molecule has 2 N–H and O–H groups in total. The molecule has 0 spiro atoms. The molecule has 3 aromatic rings. The largest absolute Gasteiger partial charge is 0.379 e. The Morgan fingerprint density at radius 1 is 1.21 bits per heavy atom. The number of ether oxygens (including phenoxy) is 1. The lowest BCUT2D eigenvalue weighted by molar-refractivity contribution is -0.120. The summed E-state index contributed by atoms with van der Waals surface area (Å²) in [5.74, 6) is 0.0446. The van der Waals surface area contributed by atoms with Crippen molar-refractivity contribution in [1.82, 2.24) is 15.2 Å². The second-order valence-electron chi connectivity index (χ2n) is 7.47. The molecule has 1 fully saturated rings. The molecule has 2 aromatic carbocycles. The van der Waals surface area contributed by atoms with Gasteiger partial charge in [-0.25, -0.2) is 0 Å². The van der Waals surface area contributed by atoms with E-state index in [4.69, 9.17) is 4.74 Å². The van der Waals surface area contributed by atoms with Gasteiger partial charge in [-0.05, 0) is 36.2 Å². The van der Waals surface area contributed by atoms with Crippen LogP contribution in [0.1, 0.15) is 22.9 Å². The number of morpholine rings is 1. The number of carbonyl (C=O) groups is 1. The Labute approximate surface area is 179 Å². The van der Waals surface area contributed by atoms with Crippen molar-refractivity contribution in [3.63, 3.8) is 0 Å². The number of carbonyl (C=O) groups excluding carboxylic acids is 1. The Morgan fingerprint density at radius 2 is 1.97 bits per heavy atom. The van der Waals surface area contributed by atoms with Crippen LogP contribution in [0.5, 0.6) is 0 Å². The molecule has 1 aliphatic rings. The molecule has 0 bridgehead atoms. The lowest BCUT2D eigenvalue weighted by atomic mass is 10.0. The molecular formula is C23H26BrN3O2. The number of benzene rings is 2. The number of rotatable bonds is 6. The predicted molar refractivity (Wildman–Crippen MR) is 119 cm³/mol. The summed E-state index contributed by atoms with van der Waals surface area (Å²) in [4.78, 5) is 18.6. The molecule has 29 heavy (non-hydrogen) atoms. The summed E-state index contributed by atoms with van der Waals surface area (Å²) in [5, 5.41) is 4.27. The average Bonchev–Trinajstić information content (AvgIpc) is 3.04. The number of nitrogens with one attached hydrogen (secondary N) is 2. The van der Waals surface area contributed by atoms with Gasteiger partial charge in [0.2, 0.25) is 5.91 Å². The van der Waals surface area contributed by atoms with Gasteiger partial charge in [0.05, 0.1) is 25.7 Å². The first-order valence-corrected chi connectivity index (χ1v) is 10.8. The minimum Gasteiger partial charge on any atom is -0.379 e. The Hall–Kier alpha value is -2.15. The van der Waals surface area contributed by atoms with Gasteiger partial charge in [0, 0.05) is 40.7 Å². The Kier molecular flexibility index (Phi) is 6.33. The zero-order chi connectivity index (χ0) is 20.2. The van der Waals surface area contributed by atoms with Crippen LogP contribution in [0.4, 0.5) is 0 Å². The normalized spacial score (nSPS) is 16.1. The zero-order valence-electron chi connectivity index (χ0n) is 16.6. The molecule has 0 saturated carbocycles. The van der Waals surface area contributed by atoms with Crippen LogP contribution < -0.4 is 5.32 Å². The maximum Gasteiger partial charge on any atom is 0.224 e. The van der Waals surface area contributed by atoms with Crippen molar-refractivity contribution in [2.45, 2.75) is 19.4 Å². The quantitative estimate of drug-likeness (QED) is 0.590. The fourth-order valence-corrected chi connectivity index (χ4v) is 4.40. The molecule has 5 nitrogen and oxygen atoms in total. The van der Waals surface area contributed by atoms with E-state index in [0.29, 0.717) is 13.0 Å². The standard InChI is InChI=1S/C23H26BrN3O2/c1-16-19(20-13-18(24)7-8-21(20)26-16)14-23(28)25-15-22(17-5-3-2-4-6-17)27-9-11-29-12-10-27/h2-8,13,22,26H,9-12,14-15H2,1H3,(H,25,28). The third-order valence-electron chi connectivity index (χ3n) is 5.58. The fraction of sp³-hybridized carbons (Fsp3) is 0.348. The highest BCUT2D eigenvalue weighted by Gasteiger charge is 2.23. The van der Waals surface area contributed by atoms with Crippen molar-refractivity contribution in [2.75, 3.05) is 32.8 Å². The zero-order valence-corrected chi connectivity index (χ0v) is 18.2. The van der Waals surface area contributed by atoms with E-state index in [0.717, 1.165) is 52.9 Å². The van der Waals surface area contributed by atoms with Gasteiger partial charge < -0.3 is 15.0 Å². The Bertz CT molecular complexity index is 980. The third kappa shape index (κ3) is 4.71. The molecule has 0 radical (unpaired) electrons. The van der Waals surface area contributed by atoms with Crippen LogP contribution >= 0.6 is 15.9 Å². The molecule has 1 amide bonds. The molecule has 4 rings (SSSR count). The number of nitrogens with zero attached hydrogens (tertiary/aromatic N) is 1. The lowest BCUT2D eigenvalue weighted by Gasteiger charge is -2.35.